The van der Waals surface area contributed by atoms with Crippen molar-refractivity contribution in [2.75, 3.05) is 13.7 Å². The van der Waals surface area contributed by atoms with Crippen LogP contribution in [-0.2, 0) is 19.1 Å². The minimum atomic E-state index is -0.743. The first-order valence-corrected chi connectivity index (χ1v) is 8.85. The summed E-state index contributed by atoms with van der Waals surface area (Å²) >= 11 is 0. The Hall–Kier alpha value is -1.89. The molecule has 0 radical (unpaired) electrons. The fourth-order valence-corrected chi connectivity index (χ4v) is 3.06. The van der Waals surface area contributed by atoms with Crippen LogP contribution in [0.3, 0.4) is 0 Å². The molecule has 0 aliphatic carbocycles. The number of hydrogen-bond acceptors (Lipinski definition) is 5. The Morgan fingerprint density at radius 2 is 2.00 bits per heavy atom. The van der Waals surface area contributed by atoms with E-state index >= 15 is 0 Å². The van der Waals surface area contributed by atoms with Crippen molar-refractivity contribution in [1.29, 1.82) is 0 Å². The van der Waals surface area contributed by atoms with E-state index in [0.29, 0.717) is 6.42 Å². The lowest BCUT2D eigenvalue weighted by Crippen LogP contribution is -2.50. The lowest BCUT2D eigenvalue weighted by molar-refractivity contribution is -0.146. The SMILES string of the molecule is C=CCCCCCC[C@H](NC(=O)[C@@H]1C[C@@H](O)CN1C(C)=O)C(=O)OC. The van der Waals surface area contributed by atoms with Crippen molar-refractivity contribution < 1.29 is 24.2 Å². The minimum absolute atomic E-state index is 0.139. The summed E-state index contributed by atoms with van der Waals surface area (Å²) in [5.74, 6) is -1.19. The molecule has 0 aromatic heterocycles. The van der Waals surface area contributed by atoms with Crippen LogP contribution in [0.15, 0.2) is 12.7 Å². The van der Waals surface area contributed by atoms with Gasteiger partial charge in [-0.15, -0.1) is 6.58 Å². The molecule has 0 aromatic rings. The summed E-state index contributed by atoms with van der Waals surface area (Å²) in [6.07, 6.45) is 6.66. The van der Waals surface area contributed by atoms with E-state index in [1.165, 1.54) is 18.9 Å². The first-order chi connectivity index (χ1) is 11.9. The molecule has 25 heavy (non-hydrogen) atoms. The molecule has 0 unspecified atom stereocenters. The van der Waals surface area contributed by atoms with Gasteiger partial charge in [0.2, 0.25) is 11.8 Å². The molecule has 0 saturated carbocycles. The molecule has 0 spiro atoms. The van der Waals surface area contributed by atoms with Gasteiger partial charge in [-0.05, 0) is 19.3 Å². The molecule has 1 heterocycles. The Bertz CT molecular complexity index is 480. The largest absolute Gasteiger partial charge is 0.467 e. The highest BCUT2D eigenvalue weighted by Gasteiger charge is 2.38. The molecule has 1 rings (SSSR count). The number of carbonyl (C=O) groups is 3. The lowest BCUT2D eigenvalue weighted by atomic mass is 10.1. The Kier molecular flexibility index (Phi) is 9.20. The molecular formula is C18H30N2O5. The van der Waals surface area contributed by atoms with Crippen molar-refractivity contribution in [3.05, 3.63) is 12.7 Å². The Labute approximate surface area is 149 Å². The Morgan fingerprint density at radius 1 is 1.32 bits per heavy atom. The number of hydrogen-bond donors (Lipinski definition) is 2. The van der Waals surface area contributed by atoms with Crippen molar-refractivity contribution in [3.8, 4) is 0 Å². The van der Waals surface area contributed by atoms with Crippen LogP contribution in [0, 0.1) is 0 Å². The van der Waals surface area contributed by atoms with Crippen LogP contribution in [0.2, 0.25) is 0 Å². The van der Waals surface area contributed by atoms with Gasteiger partial charge in [-0.3, -0.25) is 9.59 Å². The molecule has 2 N–H and O–H groups in total. The average molecular weight is 354 g/mol. The number of β-amino-alcohol motifs (C(OH)–C–C–N with tert-alkyl or cyclic N) is 1. The van der Waals surface area contributed by atoms with Gasteiger partial charge in [0, 0.05) is 19.9 Å². The second kappa shape index (κ2) is 10.9. The van der Waals surface area contributed by atoms with Gasteiger partial charge in [-0.1, -0.05) is 25.3 Å². The van der Waals surface area contributed by atoms with Gasteiger partial charge in [0.1, 0.15) is 12.1 Å². The average Bonchev–Trinajstić information content (AvgIpc) is 2.98. The molecule has 0 aromatic carbocycles. The van der Waals surface area contributed by atoms with Crippen molar-refractivity contribution in [3.63, 3.8) is 0 Å². The summed E-state index contributed by atoms with van der Waals surface area (Å²) in [5.41, 5.74) is 0. The number of methoxy groups -OCH3 is 1. The maximum atomic E-state index is 12.5. The van der Waals surface area contributed by atoms with Crippen LogP contribution in [0.5, 0.6) is 0 Å². The zero-order chi connectivity index (χ0) is 18.8. The smallest absolute Gasteiger partial charge is 0.328 e. The van der Waals surface area contributed by atoms with Crippen LogP contribution in [0.4, 0.5) is 0 Å². The number of amides is 2. The molecule has 142 valence electrons. The molecule has 3 atom stereocenters. The first-order valence-electron chi connectivity index (χ1n) is 8.85. The van der Waals surface area contributed by atoms with Crippen LogP contribution in [0.1, 0.15) is 51.9 Å². The third-order valence-corrected chi connectivity index (χ3v) is 4.44. The van der Waals surface area contributed by atoms with E-state index in [2.05, 4.69) is 11.9 Å². The topological polar surface area (TPSA) is 95.9 Å². The van der Waals surface area contributed by atoms with E-state index in [0.717, 1.165) is 32.1 Å². The van der Waals surface area contributed by atoms with Crippen molar-refractivity contribution >= 4 is 17.8 Å². The monoisotopic (exact) mass is 354 g/mol. The summed E-state index contributed by atoms with van der Waals surface area (Å²) in [5, 5.41) is 12.4. The number of allylic oxidation sites excluding steroid dienone is 1. The quantitative estimate of drug-likeness (QED) is 0.349. The summed E-state index contributed by atoms with van der Waals surface area (Å²) in [4.78, 5) is 37.4. The fraction of sp³-hybridized carbons (Fsp3) is 0.722. The number of esters is 1. The predicted octanol–water partition coefficient (Wildman–Crippen LogP) is 1.15. The molecule has 7 heteroatoms. The van der Waals surface area contributed by atoms with Crippen LogP contribution >= 0.6 is 0 Å². The standard InChI is InChI=1S/C18H30N2O5/c1-4-5-6-7-8-9-10-15(18(24)25-3)19-17(23)16-11-14(22)12-20(16)13(2)21/h4,14-16,22H,1,5-12H2,2-3H3,(H,19,23)/t14-,15+,16+/m1/s1. The highest BCUT2D eigenvalue weighted by Crippen LogP contribution is 2.19. The van der Waals surface area contributed by atoms with Gasteiger partial charge >= 0.3 is 5.97 Å². The Morgan fingerprint density at radius 3 is 2.60 bits per heavy atom. The number of aliphatic hydroxyl groups excluding tert-OH is 1. The van der Waals surface area contributed by atoms with Crippen molar-refractivity contribution in [1.82, 2.24) is 10.2 Å². The fourth-order valence-electron chi connectivity index (χ4n) is 3.06. The van der Waals surface area contributed by atoms with Crippen LogP contribution < -0.4 is 5.32 Å². The number of unbranched alkanes of at least 4 members (excludes halogenated alkanes) is 4. The summed E-state index contributed by atoms with van der Waals surface area (Å²) in [6.45, 7) is 5.18. The first kappa shape index (κ1) is 21.2. The lowest BCUT2D eigenvalue weighted by Gasteiger charge is -2.24. The van der Waals surface area contributed by atoms with Gasteiger partial charge < -0.3 is 20.1 Å². The van der Waals surface area contributed by atoms with E-state index in [1.54, 1.807) is 0 Å². The summed E-state index contributed by atoms with van der Waals surface area (Å²) in [6, 6.07) is -1.48. The molecule has 2 amide bonds. The third kappa shape index (κ3) is 6.86. The highest BCUT2D eigenvalue weighted by atomic mass is 16.5. The van der Waals surface area contributed by atoms with Gasteiger partial charge in [-0.25, -0.2) is 4.79 Å². The van der Waals surface area contributed by atoms with Crippen molar-refractivity contribution in [2.24, 2.45) is 0 Å². The molecule has 1 aliphatic rings. The normalized spacial score (nSPS) is 20.8. The minimum Gasteiger partial charge on any atom is -0.467 e. The maximum absolute atomic E-state index is 12.5. The molecule has 1 fully saturated rings. The predicted molar refractivity (Wildman–Crippen MR) is 93.6 cm³/mol. The van der Waals surface area contributed by atoms with Gasteiger partial charge in [-0.2, -0.15) is 0 Å². The molecule has 0 bridgehead atoms. The van der Waals surface area contributed by atoms with E-state index in [9.17, 15) is 19.5 Å². The summed E-state index contributed by atoms with van der Waals surface area (Å²) in [7, 11) is 1.28. The Balaban J connectivity index is 2.56. The number of carbonyl (C=O) groups excluding carboxylic acids is 3. The van der Waals surface area contributed by atoms with Crippen molar-refractivity contribution in [2.45, 2.75) is 70.1 Å². The molecule has 7 nitrogen and oxygen atoms in total. The second-order valence-electron chi connectivity index (χ2n) is 6.44. The van der Waals surface area contributed by atoms with Gasteiger partial charge in [0.25, 0.3) is 0 Å². The van der Waals surface area contributed by atoms with Crippen LogP contribution in [-0.4, -0.2) is 59.6 Å². The molecule has 1 saturated heterocycles. The molecular weight excluding hydrogens is 324 g/mol. The van der Waals surface area contributed by atoms with Crippen LogP contribution in [0.25, 0.3) is 0 Å². The number of ether oxygens (including phenoxy) is 1. The summed E-state index contributed by atoms with van der Waals surface area (Å²) < 4.78 is 4.77. The number of rotatable bonds is 10. The second-order valence-corrected chi connectivity index (χ2v) is 6.44. The maximum Gasteiger partial charge on any atom is 0.328 e. The number of nitrogens with one attached hydrogen (secondary N) is 1. The zero-order valence-corrected chi connectivity index (χ0v) is 15.2. The number of likely N-dealkylation sites (tertiary alicyclic amines) is 1. The van der Waals surface area contributed by atoms with E-state index in [1.807, 2.05) is 6.08 Å². The van der Waals surface area contributed by atoms with Gasteiger partial charge in [0.05, 0.1) is 13.2 Å². The van der Waals surface area contributed by atoms with E-state index in [4.69, 9.17) is 4.74 Å². The highest BCUT2D eigenvalue weighted by molar-refractivity contribution is 5.90. The van der Waals surface area contributed by atoms with Gasteiger partial charge in [0.15, 0.2) is 0 Å². The van der Waals surface area contributed by atoms with E-state index in [-0.39, 0.29) is 18.9 Å². The van der Waals surface area contributed by atoms with E-state index < -0.39 is 30.1 Å². The number of nitrogens with zero attached hydrogens (tertiary/aromatic N) is 1. The number of aliphatic hydroxyl groups is 1. The third-order valence-electron chi connectivity index (χ3n) is 4.44. The molecule has 1 aliphatic heterocycles. The zero-order valence-electron chi connectivity index (χ0n) is 15.2.